The summed E-state index contributed by atoms with van der Waals surface area (Å²) in [6.45, 7) is 3.36. The Bertz CT molecular complexity index is 681. The molecule has 0 unspecified atom stereocenters. The summed E-state index contributed by atoms with van der Waals surface area (Å²) in [5.41, 5.74) is 1.19. The molecule has 0 saturated carbocycles. The molecule has 1 aliphatic rings. The zero-order valence-electron chi connectivity index (χ0n) is 14.2. The monoisotopic (exact) mass is 329 g/mol. The van der Waals surface area contributed by atoms with E-state index in [9.17, 15) is 4.79 Å². The number of aryl methyl sites for hydroxylation is 1. The third kappa shape index (κ3) is 3.75. The molecule has 1 amide bonds. The molecular weight excluding hydrogens is 306 g/mol. The van der Waals surface area contributed by atoms with E-state index < -0.39 is 0 Å². The fourth-order valence-electron chi connectivity index (χ4n) is 2.97. The Morgan fingerprint density at radius 3 is 2.79 bits per heavy atom. The Kier molecular flexibility index (Phi) is 5.13. The molecule has 24 heavy (non-hydrogen) atoms. The molecule has 1 aliphatic heterocycles. The maximum atomic E-state index is 12.2. The molecule has 0 aliphatic carbocycles. The van der Waals surface area contributed by atoms with Crippen molar-refractivity contribution in [2.24, 2.45) is 0 Å². The first-order valence-corrected chi connectivity index (χ1v) is 8.42. The summed E-state index contributed by atoms with van der Waals surface area (Å²) in [6.07, 6.45) is 2.91. The summed E-state index contributed by atoms with van der Waals surface area (Å²) < 4.78 is 10.5. The normalized spacial score (nSPS) is 18.0. The quantitative estimate of drug-likeness (QED) is 0.815. The molecule has 0 spiro atoms. The van der Waals surface area contributed by atoms with Gasteiger partial charge in [-0.1, -0.05) is 24.2 Å². The van der Waals surface area contributed by atoms with Gasteiger partial charge in [0.2, 0.25) is 11.8 Å². The van der Waals surface area contributed by atoms with E-state index in [0.29, 0.717) is 25.4 Å². The van der Waals surface area contributed by atoms with Crippen LogP contribution >= 0.6 is 0 Å². The molecule has 1 aromatic carbocycles. The molecule has 1 saturated heterocycles. The molecule has 6 nitrogen and oxygen atoms in total. The standard InChI is InChI=1S/C18H23N3O3/c1-3-16-19-18(24-20-16)14-6-9-17(22)21(12-14)11-10-13-4-7-15(23-2)8-5-13/h4-5,7-8,14H,3,6,9-12H2,1-2H3/t14-/m0/s1. The fourth-order valence-corrected chi connectivity index (χ4v) is 2.97. The van der Waals surface area contributed by atoms with Crippen LogP contribution in [0.1, 0.15) is 43.0 Å². The minimum Gasteiger partial charge on any atom is -0.497 e. The van der Waals surface area contributed by atoms with Gasteiger partial charge >= 0.3 is 0 Å². The van der Waals surface area contributed by atoms with Gasteiger partial charge in [-0.3, -0.25) is 4.79 Å². The van der Waals surface area contributed by atoms with Crippen LogP contribution in [-0.2, 0) is 17.6 Å². The van der Waals surface area contributed by atoms with Crippen molar-refractivity contribution in [2.75, 3.05) is 20.2 Å². The highest BCUT2D eigenvalue weighted by Gasteiger charge is 2.29. The summed E-state index contributed by atoms with van der Waals surface area (Å²) >= 11 is 0. The van der Waals surface area contributed by atoms with Gasteiger partial charge in [-0.2, -0.15) is 4.98 Å². The molecule has 3 rings (SSSR count). The largest absolute Gasteiger partial charge is 0.497 e. The maximum absolute atomic E-state index is 12.2. The lowest BCUT2D eigenvalue weighted by Gasteiger charge is -2.31. The Balaban J connectivity index is 1.60. The number of amides is 1. The van der Waals surface area contributed by atoms with Gasteiger partial charge in [-0.25, -0.2) is 0 Å². The van der Waals surface area contributed by atoms with Crippen LogP contribution in [0.2, 0.25) is 0 Å². The van der Waals surface area contributed by atoms with Crippen LogP contribution in [0.25, 0.3) is 0 Å². The first kappa shape index (κ1) is 16.5. The van der Waals surface area contributed by atoms with Crippen LogP contribution in [0.3, 0.4) is 0 Å². The molecule has 6 heteroatoms. The van der Waals surface area contributed by atoms with Crippen LogP contribution in [0.4, 0.5) is 0 Å². The Morgan fingerprint density at radius 1 is 1.33 bits per heavy atom. The van der Waals surface area contributed by atoms with E-state index in [4.69, 9.17) is 9.26 Å². The van der Waals surface area contributed by atoms with Gasteiger partial charge in [0.15, 0.2) is 5.82 Å². The number of benzene rings is 1. The third-order valence-electron chi connectivity index (χ3n) is 4.48. The van der Waals surface area contributed by atoms with Crippen molar-refractivity contribution in [2.45, 2.75) is 38.5 Å². The van der Waals surface area contributed by atoms with E-state index in [2.05, 4.69) is 10.1 Å². The predicted molar refractivity (Wildman–Crippen MR) is 88.9 cm³/mol. The van der Waals surface area contributed by atoms with Crippen LogP contribution in [0.15, 0.2) is 28.8 Å². The van der Waals surface area contributed by atoms with E-state index in [1.54, 1.807) is 7.11 Å². The molecule has 0 N–H and O–H groups in total. The van der Waals surface area contributed by atoms with Gasteiger partial charge in [0, 0.05) is 25.9 Å². The Hall–Kier alpha value is -2.37. The van der Waals surface area contributed by atoms with Gasteiger partial charge in [0.05, 0.1) is 13.0 Å². The average molecular weight is 329 g/mol. The van der Waals surface area contributed by atoms with E-state index in [0.717, 1.165) is 30.8 Å². The molecular formula is C18H23N3O3. The molecule has 0 bridgehead atoms. The minimum absolute atomic E-state index is 0.145. The van der Waals surface area contributed by atoms with Crippen molar-refractivity contribution in [3.05, 3.63) is 41.5 Å². The van der Waals surface area contributed by atoms with Crippen LogP contribution in [0.5, 0.6) is 5.75 Å². The average Bonchev–Trinajstić information content (AvgIpc) is 3.10. The zero-order chi connectivity index (χ0) is 16.9. The van der Waals surface area contributed by atoms with Crippen molar-refractivity contribution in [1.29, 1.82) is 0 Å². The number of hydrogen-bond donors (Lipinski definition) is 0. The second kappa shape index (κ2) is 7.47. The predicted octanol–water partition coefficient (Wildman–Crippen LogP) is 2.59. The number of rotatable bonds is 6. The van der Waals surface area contributed by atoms with Crippen LogP contribution in [-0.4, -0.2) is 41.1 Å². The number of carbonyl (C=O) groups excluding carboxylic acids is 1. The first-order chi connectivity index (χ1) is 11.7. The summed E-state index contributed by atoms with van der Waals surface area (Å²) in [5.74, 6) is 2.58. The van der Waals surface area contributed by atoms with Crippen LogP contribution in [0, 0.1) is 0 Å². The van der Waals surface area contributed by atoms with Gasteiger partial charge < -0.3 is 14.2 Å². The van der Waals surface area contributed by atoms with Crippen LogP contribution < -0.4 is 4.74 Å². The molecule has 1 atom stereocenters. The first-order valence-electron chi connectivity index (χ1n) is 8.42. The molecule has 2 heterocycles. The molecule has 1 fully saturated rings. The minimum atomic E-state index is 0.145. The lowest BCUT2D eigenvalue weighted by Crippen LogP contribution is -2.40. The number of nitrogens with zero attached hydrogens (tertiary/aromatic N) is 3. The van der Waals surface area contributed by atoms with Crippen molar-refractivity contribution in [3.63, 3.8) is 0 Å². The second-order valence-electron chi connectivity index (χ2n) is 6.08. The summed E-state index contributed by atoms with van der Waals surface area (Å²) in [6, 6.07) is 7.97. The Morgan fingerprint density at radius 2 is 2.12 bits per heavy atom. The zero-order valence-corrected chi connectivity index (χ0v) is 14.2. The maximum Gasteiger partial charge on any atom is 0.231 e. The van der Waals surface area contributed by atoms with E-state index in [1.165, 1.54) is 5.56 Å². The highest BCUT2D eigenvalue weighted by molar-refractivity contribution is 5.77. The van der Waals surface area contributed by atoms with Crippen molar-refractivity contribution in [3.8, 4) is 5.75 Å². The number of hydrogen-bond acceptors (Lipinski definition) is 5. The van der Waals surface area contributed by atoms with Crippen molar-refractivity contribution < 1.29 is 14.1 Å². The summed E-state index contributed by atoms with van der Waals surface area (Å²) in [7, 11) is 1.66. The van der Waals surface area contributed by atoms with Crippen molar-refractivity contribution in [1.82, 2.24) is 15.0 Å². The van der Waals surface area contributed by atoms with Gasteiger partial charge in [-0.15, -0.1) is 0 Å². The number of aromatic nitrogens is 2. The van der Waals surface area contributed by atoms with Gasteiger partial charge in [0.25, 0.3) is 0 Å². The van der Waals surface area contributed by atoms with Crippen molar-refractivity contribution >= 4 is 5.91 Å². The highest BCUT2D eigenvalue weighted by Crippen LogP contribution is 2.26. The number of piperidine rings is 1. The molecule has 128 valence electrons. The van der Waals surface area contributed by atoms with Gasteiger partial charge in [0.1, 0.15) is 5.75 Å². The van der Waals surface area contributed by atoms with E-state index in [1.807, 2.05) is 36.1 Å². The SMILES string of the molecule is CCc1noc([C@H]2CCC(=O)N(CCc3ccc(OC)cc3)C2)n1. The second-order valence-corrected chi connectivity index (χ2v) is 6.08. The lowest BCUT2D eigenvalue weighted by molar-refractivity contribution is -0.133. The number of likely N-dealkylation sites (tertiary alicyclic amines) is 1. The van der Waals surface area contributed by atoms with Gasteiger partial charge in [-0.05, 0) is 30.5 Å². The Labute approximate surface area is 141 Å². The summed E-state index contributed by atoms with van der Waals surface area (Å²) in [5, 5.41) is 3.96. The molecule has 0 radical (unpaired) electrons. The number of ether oxygens (including phenoxy) is 1. The number of carbonyl (C=O) groups is 1. The highest BCUT2D eigenvalue weighted by atomic mass is 16.5. The third-order valence-corrected chi connectivity index (χ3v) is 4.48. The number of methoxy groups -OCH3 is 1. The molecule has 2 aromatic rings. The molecule has 1 aromatic heterocycles. The lowest BCUT2D eigenvalue weighted by atomic mass is 9.97. The topological polar surface area (TPSA) is 68.5 Å². The fraction of sp³-hybridized carbons (Fsp3) is 0.500. The smallest absolute Gasteiger partial charge is 0.231 e. The van der Waals surface area contributed by atoms with E-state index >= 15 is 0 Å². The van der Waals surface area contributed by atoms with E-state index in [-0.39, 0.29) is 11.8 Å². The summed E-state index contributed by atoms with van der Waals surface area (Å²) in [4.78, 5) is 18.5.